The van der Waals surface area contributed by atoms with Crippen molar-refractivity contribution in [3.05, 3.63) is 82.4 Å². The van der Waals surface area contributed by atoms with Crippen molar-refractivity contribution in [1.82, 2.24) is 20.2 Å². The third-order valence-corrected chi connectivity index (χ3v) is 4.94. The van der Waals surface area contributed by atoms with Gasteiger partial charge in [0.2, 0.25) is 5.16 Å². The van der Waals surface area contributed by atoms with Gasteiger partial charge in [0.25, 0.3) is 5.69 Å². The van der Waals surface area contributed by atoms with Gasteiger partial charge in [-0.25, -0.2) is 0 Å². The average molecular weight is 363 g/mol. The molecule has 0 amide bonds. The molecule has 0 aliphatic rings. The van der Waals surface area contributed by atoms with Gasteiger partial charge >= 0.3 is 0 Å². The number of aromatic nitrogens is 4. The molecule has 7 nitrogen and oxygen atoms in total. The van der Waals surface area contributed by atoms with Gasteiger partial charge < -0.3 is 0 Å². The first-order valence-electron chi connectivity index (χ1n) is 7.85. The fourth-order valence-electron chi connectivity index (χ4n) is 2.67. The number of nitrogens with zero attached hydrogens (tertiary/aromatic N) is 5. The molecule has 0 unspecified atom stereocenters. The quantitative estimate of drug-likeness (QED) is 0.302. The molecule has 0 aliphatic heterocycles. The Morgan fingerprint density at radius 1 is 1.00 bits per heavy atom. The summed E-state index contributed by atoms with van der Waals surface area (Å²) < 4.78 is 1.72. The van der Waals surface area contributed by atoms with E-state index in [0.29, 0.717) is 10.9 Å². The van der Waals surface area contributed by atoms with E-state index in [1.54, 1.807) is 16.8 Å². The Balaban J connectivity index is 1.60. The lowest BCUT2D eigenvalue weighted by molar-refractivity contribution is -0.384. The number of hydrogen-bond donors (Lipinski definition) is 0. The van der Waals surface area contributed by atoms with Crippen LogP contribution in [-0.4, -0.2) is 25.1 Å². The highest BCUT2D eigenvalue weighted by Crippen LogP contribution is 2.27. The summed E-state index contributed by atoms with van der Waals surface area (Å²) in [5.74, 6) is 0.614. The van der Waals surface area contributed by atoms with Crippen LogP contribution in [0.3, 0.4) is 0 Å². The van der Waals surface area contributed by atoms with Crippen LogP contribution < -0.4 is 0 Å². The summed E-state index contributed by atoms with van der Waals surface area (Å²) in [7, 11) is 0. The van der Waals surface area contributed by atoms with Gasteiger partial charge in [-0.1, -0.05) is 60.3 Å². The number of benzene rings is 3. The molecular weight excluding hydrogens is 350 g/mol. The number of thioether (sulfide) groups is 1. The largest absolute Gasteiger partial charge is 0.269 e. The van der Waals surface area contributed by atoms with Gasteiger partial charge in [0, 0.05) is 23.3 Å². The van der Waals surface area contributed by atoms with Crippen molar-refractivity contribution < 1.29 is 4.92 Å². The molecule has 4 rings (SSSR count). The molecule has 0 saturated carbocycles. The number of fused-ring (bicyclic) bond motifs is 1. The molecule has 3 aromatic carbocycles. The first kappa shape index (κ1) is 16.2. The van der Waals surface area contributed by atoms with Crippen LogP contribution in [0.1, 0.15) is 5.56 Å². The SMILES string of the molecule is O=[N+]([O-])c1ccc(CSc2nnnn2-c2cccc3ccccc23)cc1. The maximum atomic E-state index is 10.7. The van der Waals surface area contributed by atoms with E-state index >= 15 is 0 Å². The summed E-state index contributed by atoms with van der Waals surface area (Å²) in [5, 5.41) is 25.6. The van der Waals surface area contributed by atoms with Crippen LogP contribution in [0.5, 0.6) is 0 Å². The molecule has 26 heavy (non-hydrogen) atoms. The normalized spacial score (nSPS) is 10.9. The summed E-state index contributed by atoms with van der Waals surface area (Å²) in [6.45, 7) is 0. The predicted molar refractivity (Wildman–Crippen MR) is 99.3 cm³/mol. The Hall–Kier alpha value is -3.26. The minimum Gasteiger partial charge on any atom is -0.258 e. The molecule has 0 radical (unpaired) electrons. The second-order valence-corrected chi connectivity index (χ2v) is 6.53. The third-order valence-electron chi connectivity index (χ3n) is 3.95. The predicted octanol–water partition coefficient (Wildman–Crippen LogP) is 4.02. The standard InChI is InChI=1S/C18H13N5O2S/c24-23(25)15-10-8-13(9-11-15)12-26-18-19-20-21-22(18)17-7-3-5-14-4-1-2-6-16(14)17/h1-11H,12H2. The first-order valence-corrected chi connectivity index (χ1v) is 8.83. The molecule has 0 spiro atoms. The highest BCUT2D eigenvalue weighted by molar-refractivity contribution is 7.98. The van der Waals surface area contributed by atoms with Crippen molar-refractivity contribution in [3.63, 3.8) is 0 Å². The monoisotopic (exact) mass is 363 g/mol. The minimum atomic E-state index is -0.405. The highest BCUT2D eigenvalue weighted by atomic mass is 32.2. The topological polar surface area (TPSA) is 86.7 Å². The molecular formula is C18H13N5O2S. The molecule has 8 heteroatoms. The van der Waals surface area contributed by atoms with E-state index in [4.69, 9.17) is 0 Å². The Labute approximate surface area is 152 Å². The molecule has 1 heterocycles. The molecule has 0 fully saturated rings. The number of nitro groups is 1. The van der Waals surface area contributed by atoms with Gasteiger partial charge in [0.05, 0.1) is 10.6 Å². The van der Waals surface area contributed by atoms with Crippen LogP contribution >= 0.6 is 11.8 Å². The summed E-state index contributed by atoms with van der Waals surface area (Å²) >= 11 is 1.48. The number of nitro benzene ring substituents is 1. The van der Waals surface area contributed by atoms with Crippen molar-refractivity contribution in [2.45, 2.75) is 10.9 Å². The minimum absolute atomic E-state index is 0.0827. The van der Waals surface area contributed by atoms with Gasteiger partial charge in [0.1, 0.15) is 0 Å². The van der Waals surface area contributed by atoms with Crippen LogP contribution in [0.25, 0.3) is 16.5 Å². The van der Waals surface area contributed by atoms with Crippen molar-refractivity contribution in [2.75, 3.05) is 0 Å². The molecule has 0 N–H and O–H groups in total. The molecule has 0 aliphatic carbocycles. The van der Waals surface area contributed by atoms with Crippen LogP contribution in [0.2, 0.25) is 0 Å². The van der Waals surface area contributed by atoms with E-state index in [-0.39, 0.29) is 5.69 Å². The Morgan fingerprint density at radius 2 is 1.77 bits per heavy atom. The average Bonchev–Trinajstić information content (AvgIpc) is 3.14. The molecule has 0 atom stereocenters. The van der Waals surface area contributed by atoms with Crippen molar-refractivity contribution in [2.24, 2.45) is 0 Å². The van der Waals surface area contributed by atoms with Crippen molar-refractivity contribution in [3.8, 4) is 5.69 Å². The fourth-order valence-corrected chi connectivity index (χ4v) is 3.51. The van der Waals surface area contributed by atoms with E-state index in [2.05, 4.69) is 15.5 Å². The second-order valence-electron chi connectivity index (χ2n) is 5.58. The molecule has 128 valence electrons. The van der Waals surface area contributed by atoms with Crippen molar-refractivity contribution in [1.29, 1.82) is 0 Å². The lowest BCUT2D eigenvalue weighted by Gasteiger charge is -2.08. The number of tetrazole rings is 1. The van der Waals surface area contributed by atoms with Gasteiger partial charge in [-0.2, -0.15) is 4.68 Å². The summed E-state index contributed by atoms with van der Waals surface area (Å²) in [6, 6.07) is 20.6. The van der Waals surface area contributed by atoms with E-state index in [9.17, 15) is 10.1 Å². The van der Waals surface area contributed by atoms with E-state index in [1.165, 1.54) is 23.9 Å². The Bertz CT molecular complexity index is 1070. The number of hydrogen-bond acceptors (Lipinski definition) is 6. The number of non-ortho nitro benzene ring substituents is 1. The number of rotatable bonds is 5. The second kappa shape index (κ2) is 6.93. The Kier molecular flexibility index (Phi) is 4.32. The maximum absolute atomic E-state index is 10.7. The highest BCUT2D eigenvalue weighted by Gasteiger charge is 2.12. The lowest BCUT2D eigenvalue weighted by atomic mass is 10.1. The van der Waals surface area contributed by atoms with Crippen LogP contribution in [0.15, 0.2) is 71.9 Å². The van der Waals surface area contributed by atoms with Crippen LogP contribution in [0.4, 0.5) is 5.69 Å². The smallest absolute Gasteiger partial charge is 0.258 e. The maximum Gasteiger partial charge on any atom is 0.269 e. The van der Waals surface area contributed by atoms with Crippen molar-refractivity contribution >= 4 is 28.2 Å². The Morgan fingerprint density at radius 3 is 2.58 bits per heavy atom. The zero-order valence-corrected chi connectivity index (χ0v) is 14.3. The fraction of sp³-hybridized carbons (Fsp3) is 0.0556. The van der Waals surface area contributed by atoms with E-state index in [1.807, 2.05) is 42.5 Å². The third kappa shape index (κ3) is 3.14. The van der Waals surface area contributed by atoms with Gasteiger partial charge in [-0.15, -0.1) is 5.10 Å². The van der Waals surface area contributed by atoms with E-state index in [0.717, 1.165) is 22.0 Å². The molecule has 0 saturated heterocycles. The van der Waals surface area contributed by atoms with Gasteiger partial charge in [0.15, 0.2) is 0 Å². The first-order chi connectivity index (χ1) is 12.7. The lowest BCUT2D eigenvalue weighted by Crippen LogP contribution is -2.00. The zero-order valence-electron chi connectivity index (χ0n) is 13.5. The van der Waals surface area contributed by atoms with E-state index < -0.39 is 4.92 Å². The summed E-state index contributed by atoms with van der Waals surface area (Å²) in [6.07, 6.45) is 0. The summed E-state index contributed by atoms with van der Waals surface area (Å²) in [4.78, 5) is 10.3. The van der Waals surface area contributed by atoms with Gasteiger partial charge in [-0.3, -0.25) is 10.1 Å². The van der Waals surface area contributed by atoms with Crippen LogP contribution in [-0.2, 0) is 5.75 Å². The molecule has 1 aromatic heterocycles. The zero-order chi connectivity index (χ0) is 17.9. The molecule has 4 aromatic rings. The van der Waals surface area contributed by atoms with Crippen LogP contribution in [0, 0.1) is 10.1 Å². The molecule has 0 bridgehead atoms. The van der Waals surface area contributed by atoms with Gasteiger partial charge in [-0.05, 0) is 27.4 Å². The summed E-state index contributed by atoms with van der Waals surface area (Å²) in [5.41, 5.74) is 1.96.